The SMILES string of the molecule is Cc1cc(-c2cncc(-c3nc4ccccc4s3)c2)cc(-c2cncc(-c3nc4ccccc4s3)c2)c1.Cc1cc(-c2cncc(-c3nc4ccccc4s3)c2)cc(-c2cncc(-c3nc4ccccc4s3)c2)c1. The molecule has 0 saturated heterocycles. The van der Waals surface area contributed by atoms with E-state index >= 15 is 0 Å². The predicted molar refractivity (Wildman–Crippen MR) is 310 cm³/mol. The van der Waals surface area contributed by atoms with Crippen LogP contribution in [0.1, 0.15) is 11.1 Å². The first-order valence-electron chi connectivity index (χ1n) is 23.9. The van der Waals surface area contributed by atoms with Crippen molar-refractivity contribution in [1.82, 2.24) is 39.9 Å². The predicted octanol–water partition coefficient (Wildman–Crippen LogP) is 17.3. The van der Waals surface area contributed by atoms with Gasteiger partial charge in [-0.1, -0.05) is 72.8 Å². The molecule has 0 aliphatic heterocycles. The van der Waals surface area contributed by atoms with Crippen LogP contribution in [-0.4, -0.2) is 39.9 Å². The van der Waals surface area contributed by atoms with Gasteiger partial charge in [0.15, 0.2) is 0 Å². The maximum atomic E-state index is 4.82. The van der Waals surface area contributed by atoms with Crippen molar-refractivity contribution in [3.05, 3.63) is 218 Å². The first-order chi connectivity index (χ1) is 36.4. The Balaban J connectivity index is 0.000000143. The number of thiazole rings is 4. The third-order valence-electron chi connectivity index (χ3n) is 12.6. The zero-order valence-corrected chi connectivity index (χ0v) is 43.1. The number of fused-ring (bicyclic) bond motifs is 4. The molecule has 8 nitrogen and oxygen atoms in total. The number of aryl methyl sites for hydroxylation is 2. The smallest absolute Gasteiger partial charge is 0.126 e. The Kier molecular flexibility index (Phi) is 11.9. The maximum Gasteiger partial charge on any atom is 0.126 e. The van der Waals surface area contributed by atoms with E-state index in [1.807, 2.05) is 98.1 Å². The summed E-state index contributed by atoms with van der Waals surface area (Å²) < 4.78 is 4.73. The number of benzene rings is 6. The van der Waals surface area contributed by atoms with Crippen LogP contribution in [0.3, 0.4) is 0 Å². The summed E-state index contributed by atoms with van der Waals surface area (Å²) in [6.07, 6.45) is 15.3. The second-order valence-electron chi connectivity index (χ2n) is 18.0. The van der Waals surface area contributed by atoms with Crippen molar-refractivity contribution in [3.63, 3.8) is 0 Å². The fourth-order valence-corrected chi connectivity index (χ4v) is 12.9. The quantitative estimate of drug-likeness (QED) is 0.148. The average Bonchev–Trinajstić information content (AvgIpc) is 4.28. The number of hydrogen-bond acceptors (Lipinski definition) is 12. The topological polar surface area (TPSA) is 103 Å². The zero-order valence-electron chi connectivity index (χ0n) is 39.8. The Labute approximate surface area is 442 Å². The van der Waals surface area contributed by atoms with Crippen LogP contribution in [0, 0.1) is 13.8 Å². The highest BCUT2D eigenvalue weighted by Crippen LogP contribution is 2.38. The third-order valence-corrected chi connectivity index (χ3v) is 16.9. The molecule has 14 aromatic rings. The molecule has 0 aliphatic rings. The molecule has 14 rings (SSSR count). The Hall–Kier alpha value is -8.52. The molecule has 352 valence electrons. The molecule has 0 spiro atoms. The van der Waals surface area contributed by atoms with E-state index in [2.05, 4.69) is 143 Å². The van der Waals surface area contributed by atoms with Crippen LogP contribution in [-0.2, 0) is 0 Å². The number of pyridine rings is 4. The Morgan fingerprint density at radius 1 is 0.243 bits per heavy atom. The summed E-state index contributed by atoms with van der Waals surface area (Å²) in [4.78, 5) is 37.5. The second-order valence-corrected chi connectivity index (χ2v) is 22.1. The summed E-state index contributed by atoms with van der Waals surface area (Å²) in [5.41, 5.74) is 19.3. The first-order valence-corrected chi connectivity index (χ1v) is 27.1. The molecular formula is C62H40N8S4. The van der Waals surface area contributed by atoms with E-state index in [1.54, 1.807) is 45.3 Å². The number of para-hydroxylation sites is 4. The van der Waals surface area contributed by atoms with E-state index in [9.17, 15) is 0 Å². The van der Waals surface area contributed by atoms with E-state index < -0.39 is 0 Å². The summed E-state index contributed by atoms with van der Waals surface area (Å²) >= 11 is 6.78. The molecule has 0 amide bonds. The molecule has 0 fully saturated rings. The number of hydrogen-bond donors (Lipinski definition) is 0. The van der Waals surface area contributed by atoms with E-state index in [4.69, 9.17) is 19.9 Å². The summed E-state index contributed by atoms with van der Waals surface area (Å²) in [5.74, 6) is 0. The lowest BCUT2D eigenvalue weighted by atomic mass is 9.97. The van der Waals surface area contributed by atoms with Crippen LogP contribution in [0.15, 0.2) is 207 Å². The van der Waals surface area contributed by atoms with Gasteiger partial charge in [0.2, 0.25) is 0 Å². The maximum absolute atomic E-state index is 4.82. The fraction of sp³-hybridized carbons (Fsp3) is 0.0323. The van der Waals surface area contributed by atoms with Gasteiger partial charge in [-0.25, -0.2) is 19.9 Å². The molecule has 0 unspecified atom stereocenters. The molecule has 0 atom stereocenters. The molecule has 8 aromatic heterocycles. The van der Waals surface area contributed by atoms with Gasteiger partial charge in [-0.05, 0) is 132 Å². The van der Waals surface area contributed by atoms with Crippen LogP contribution < -0.4 is 0 Å². The highest BCUT2D eigenvalue weighted by atomic mass is 32.1. The molecule has 6 aromatic carbocycles. The molecule has 0 bridgehead atoms. The first kappa shape index (κ1) is 45.4. The van der Waals surface area contributed by atoms with E-state index in [1.165, 1.54) is 29.9 Å². The molecule has 0 radical (unpaired) electrons. The van der Waals surface area contributed by atoms with Gasteiger partial charge in [-0.3, -0.25) is 19.9 Å². The highest BCUT2D eigenvalue weighted by molar-refractivity contribution is 7.22. The minimum atomic E-state index is 0.983. The van der Waals surface area contributed by atoms with Gasteiger partial charge in [0.05, 0.1) is 40.9 Å². The van der Waals surface area contributed by atoms with Gasteiger partial charge in [0, 0.05) is 94.1 Å². The Morgan fingerprint density at radius 2 is 0.459 bits per heavy atom. The van der Waals surface area contributed by atoms with E-state index in [0.29, 0.717) is 0 Å². The molecule has 0 N–H and O–H groups in total. The summed E-state index contributed by atoms with van der Waals surface area (Å²) in [6.45, 7) is 4.26. The summed E-state index contributed by atoms with van der Waals surface area (Å²) in [5, 5.41) is 3.93. The molecule has 8 heterocycles. The monoisotopic (exact) mass is 1020 g/mol. The zero-order chi connectivity index (χ0) is 49.5. The van der Waals surface area contributed by atoms with Crippen molar-refractivity contribution in [2.75, 3.05) is 0 Å². The van der Waals surface area contributed by atoms with Crippen molar-refractivity contribution >= 4 is 86.2 Å². The molecule has 74 heavy (non-hydrogen) atoms. The van der Waals surface area contributed by atoms with Crippen LogP contribution in [0.4, 0.5) is 0 Å². The average molecular weight is 1030 g/mol. The van der Waals surface area contributed by atoms with E-state index in [0.717, 1.165) is 109 Å². The lowest BCUT2D eigenvalue weighted by Crippen LogP contribution is -1.88. The minimum Gasteiger partial charge on any atom is -0.263 e. The second kappa shape index (κ2) is 19.5. The van der Waals surface area contributed by atoms with Crippen molar-refractivity contribution in [2.24, 2.45) is 0 Å². The van der Waals surface area contributed by atoms with Crippen molar-refractivity contribution < 1.29 is 0 Å². The molecule has 0 aliphatic carbocycles. The molecular weight excluding hydrogens is 985 g/mol. The van der Waals surface area contributed by atoms with Crippen LogP contribution in [0.2, 0.25) is 0 Å². The van der Waals surface area contributed by atoms with Gasteiger partial charge in [0.1, 0.15) is 20.0 Å². The van der Waals surface area contributed by atoms with E-state index in [-0.39, 0.29) is 0 Å². The van der Waals surface area contributed by atoms with Crippen LogP contribution in [0.5, 0.6) is 0 Å². The van der Waals surface area contributed by atoms with Crippen LogP contribution in [0.25, 0.3) is 128 Å². The van der Waals surface area contributed by atoms with Gasteiger partial charge >= 0.3 is 0 Å². The van der Waals surface area contributed by atoms with Crippen molar-refractivity contribution in [2.45, 2.75) is 13.8 Å². The number of aromatic nitrogens is 8. The lowest BCUT2D eigenvalue weighted by molar-refractivity contribution is 1.31. The minimum absolute atomic E-state index is 0.983. The summed E-state index contributed by atoms with van der Waals surface area (Å²) in [7, 11) is 0. The third kappa shape index (κ3) is 9.27. The molecule has 12 heteroatoms. The van der Waals surface area contributed by atoms with Crippen molar-refractivity contribution in [1.29, 1.82) is 0 Å². The summed E-state index contributed by atoms with van der Waals surface area (Å²) in [6, 6.07) is 54.9. The van der Waals surface area contributed by atoms with Gasteiger partial charge in [-0.2, -0.15) is 0 Å². The lowest BCUT2D eigenvalue weighted by Gasteiger charge is -2.10. The van der Waals surface area contributed by atoms with Crippen LogP contribution >= 0.6 is 45.3 Å². The Morgan fingerprint density at radius 3 is 0.703 bits per heavy atom. The van der Waals surface area contributed by atoms with Crippen molar-refractivity contribution in [3.8, 4) is 86.8 Å². The standard InChI is InChI=1S/2C31H20N4S2/c2*1-19-10-20(22-13-24(17-32-15-22)30-34-26-6-2-4-8-28(26)36-30)12-21(11-19)23-14-25(18-33-16-23)31-35-27-7-3-5-9-29(27)37-31/h2*2-18H,1H3. The normalized spacial score (nSPS) is 11.4. The van der Waals surface area contributed by atoms with Gasteiger partial charge in [0.25, 0.3) is 0 Å². The number of rotatable bonds is 8. The largest absolute Gasteiger partial charge is 0.263 e. The van der Waals surface area contributed by atoms with Gasteiger partial charge < -0.3 is 0 Å². The van der Waals surface area contributed by atoms with Gasteiger partial charge in [-0.15, -0.1) is 45.3 Å². The molecule has 0 saturated carbocycles. The number of nitrogens with zero attached hydrogens (tertiary/aromatic N) is 8. The highest BCUT2D eigenvalue weighted by Gasteiger charge is 2.15. The fourth-order valence-electron chi connectivity index (χ4n) is 9.07. The Bertz CT molecular complexity index is 3710.